The molecular weight excluding hydrogens is 324 g/mol. The van der Waals surface area contributed by atoms with Gasteiger partial charge in [0.25, 0.3) is 0 Å². The Morgan fingerprint density at radius 1 is 1.40 bits per heavy atom. The smallest absolute Gasteiger partial charge is 0.239 e. The molecule has 1 amide bonds. The maximum absolute atomic E-state index is 12.2. The van der Waals surface area contributed by atoms with Crippen molar-refractivity contribution in [1.29, 1.82) is 0 Å². The van der Waals surface area contributed by atoms with Gasteiger partial charge in [0.05, 0.1) is 13.1 Å². The van der Waals surface area contributed by atoms with Gasteiger partial charge in [0.2, 0.25) is 11.8 Å². The Kier molecular flexibility index (Phi) is 5.44. The molecule has 9 heteroatoms. The molecule has 0 bridgehead atoms. The highest BCUT2D eigenvalue weighted by Gasteiger charge is 2.25. The molecule has 136 valence electrons. The topological polar surface area (TPSA) is 101 Å². The van der Waals surface area contributed by atoms with E-state index in [0.717, 1.165) is 25.9 Å². The Hall–Kier alpha value is -2.26. The van der Waals surface area contributed by atoms with Gasteiger partial charge in [-0.15, -0.1) is 0 Å². The number of aromatic nitrogens is 3. The van der Waals surface area contributed by atoms with E-state index in [0.29, 0.717) is 42.4 Å². The monoisotopic (exact) mass is 348 g/mol. The summed E-state index contributed by atoms with van der Waals surface area (Å²) in [5, 5.41) is 10.5. The zero-order valence-electron chi connectivity index (χ0n) is 14.9. The number of hydrogen-bond donors (Lipinski definition) is 1. The molecule has 1 aliphatic heterocycles. The molecule has 0 radical (unpaired) electrons. The largest absolute Gasteiger partial charge is 0.360 e. The van der Waals surface area contributed by atoms with E-state index in [1.807, 2.05) is 7.05 Å². The molecule has 2 aromatic rings. The first-order valence-electron chi connectivity index (χ1n) is 8.44. The van der Waals surface area contributed by atoms with Crippen molar-refractivity contribution in [3.05, 3.63) is 23.5 Å². The number of carbonyl (C=O) groups excluding carboxylic acids is 1. The van der Waals surface area contributed by atoms with Gasteiger partial charge in [-0.25, -0.2) is 0 Å². The third-order valence-corrected chi connectivity index (χ3v) is 4.33. The SMILES string of the molecule is Cc1cc(NC(=O)CN(C)C2CCCN(Cc3noc(C)n3)C2)no1. The number of nitrogens with one attached hydrogen (secondary N) is 1. The Morgan fingerprint density at radius 2 is 2.24 bits per heavy atom. The minimum absolute atomic E-state index is 0.0956. The second-order valence-corrected chi connectivity index (χ2v) is 6.55. The fourth-order valence-electron chi connectivity index (χ4n) is 3.10. The highest BCUT2D eigenvalue weighted by Crippen LogP contribution is 2.16. The number of likely N-dealkylation sites (tertiary alicyclic amines) is 1. The number of nitrogens with zero attached hydrogens (tertiary/aromatic N) is 5. The minimum atomic E-state index is -0.0956. The van der Waals surface area contributed by atoms with Crippen LogP contribution in [0.5, 0.6) is 0 Å². The van der Waals surface area contributed by atoms with E-state index in [2.05, 4.69) is 30.4 Å². The van der Waals surface area contributed by atoms with Crippen LogP contribution in [0.15, 0.2) is 15.1 Å². The summed E-state index contributed by atoms with van der Waals surface area (Å²) in [5.41, 5.74) is 0. The number of piperidine rings is 1. The number of hydrogen-bond acceptors (Lipinski definition) is 8. The summed E-state index contributed by atoms with van der Waals surface area (Å²) in [6.45, 7) is 6.44. The summed E-state index contributed by atoms with van der Waals surface area (Å²) in [6, 6.07) is 2.01. The van der Waals surface area contributed by atoms with Gasteiger partial charge in [-0.3, -0.25) is 14.6 Å². The van der Waals surface area contributed by atoms with Crippen molar-refractivity contribution < 1.29 is 13.8 Å². The van der Waals surface area contributed by atoms with E-state index < -0.39 is 0 Å². The molecule has 0 aliphatic carbocycles. The fourth-order valence-corrected chi connectivity index (χ4v) is 3.10. The lowest BCUT2D eigenvalue weighted by Crippen LogP contribution is -2.48. The van der Waals surface area contributed by atoms with Gasteiger partial charge < -0.3 is 14.4 Å². The Morgan fingerprint density at radius 3 is 2.92 bits per heavy atom. The van der Waals surface area contributed by atoms with Gasteiger partial charge >= 0.3 is 0 Å². The number of aryl methyl sites for hydroxylation is 2. The van der Waals surface area contributed by atoms with Crippen LogP contribution in [0.3, 0.4) is 0 Å². The summed E-state index contributed by atoms with van der Waals surface area (Å²) < 4.78 is 9.98. The first kappa shape index (κ1) is 17.6. The molecule has 1 aliphatic rings. The van der Waals surface area contributed by atoms with Crippen LogP contribution in [0.25, 0.3) is 0 Å². The number of amides is 1. The Bertz CT molecular complexity index is 712. The average molecular weight is 348 g/mol. The molecule has 1 atom stereocenters. The summed E-state index contributed by atoms with van der Waals surface area (Å²) in [4.78, 5) is 20.8. The normalized spacial score (nSPS) is 18.6. The second-order valence-electron chi connectivity index (χ2n) is 6.55. The van der Waals surface area contributed by atoms with E-state index in [4.69, 9.17) is 9.05 Å². The molecule has 0 saturated carbocycles. The van der Waals surface area contributed by atoms with Crippen molar-refractivity contribution >= 4 is 11.7 Å². The van der Waals surface area contributed by atoms with E-state index >= 15 is 0 Å². The molecule has 1 saturated heterocycles. The molecular formula is C16H24N6O3. The van der Waals surface area contributed by atoms with Crippen molar-refractivity contribution in [3.8, 4) is 0 Å². The molecule has 1 fully saturated rings. The van der Waals surface area contributed by atoms with E-state index in [9.17, 15) is 4.79 Å². The molecule has 0 spiro atoms. The Labute approximate surface area is 146 Å². The lowest BCUT2D eigenvalue weighted by Gasteiger charge is -2.36. The summed E-state index contributed by atoms with van der Waals surface area (Å²) in [6.07, 6.45) is 2.14. The highest BCUT2D eigenvalue weighted by molar-refractivity contribution is 5.91. The van der Waals surface area contributed by atoms with Crippen molar-refractivity contribution in [1.82, 2.24) is 25.1 Å². The van der Waals surface area contributed by atoms with Gasteiger partial charge in [0.1, 0.15) is 5.76 Å². The predicted octanol–water partition coefficient (Wildman–Crippen LogP) is 1.21. The molecule has 0 aromatic carbocycles. The maximum Gasteiger partial charge on any atom is 0.239 e. The van der Waals surface area contributed by atoms with Gasteiger partial charge in [-0.1, -0.05) is 10.3 Å². The lowest BCUT2D eigenvalue weighted by molar-refractivity contribution is -0.117. The molecule has 2 aromatic heterocycles. The predicted molar refractivity (Wildman–Crippen MR) is 89.8 cm³/mol. The van der Waals surface area contributed by atoms with Gasteiger partial charge in [-0.2, -0.15) is 4.98 Å². The van der Waals surface area contributed by atoms with Gasteiger partial charge in [-0.05, 0) is 33.4 Å². The van der Waals surface area contributed by atoms with Crippen LogP contribution in [0.4, 0.5) is 5.82 Å². The first-order chi connectivity index (χ1) is 12.0. The van der Waals surface area contributed by atoms with Crippen LogP contribution in [-0.4, -0.2) is 63.7 Å². The summed E-state index contributed by atoms with van der Waals surface area (Å²) in [7, 11) is 1.97. The third kappa shape index (κ3) is 4.86. The molecule has 9 nitrogen and oxygen atoms in total. The molecule has 3 heterocycles. The Balaban J connectivity index is 1.49. The van der Waals surface area contributed by atoms with E-state index in [1.165, 1.54) is 0 Å². The third-order valence-electron chi connectivity index (χ3n) is 4.33. The zero-order chi connectivity index (χ0) is 17.8. The van der Waals surface area contributed by atoms with Crippen LogP contribution in [0.2, 0.25) is 0 Å². The zero-order valence-corrected chi connectivity index (χ0v) is 14.9. The minimum Gasteiger partial charge on any atom is -0.360 e. The molecule has 25 heavy (non-hydrogen) atoms. The highest BCUT2D eigenvalue weighted by atomic mass is 16.5. The van der Waals surface area contributed by atoms with Crippen LogP contribution in [0, 0.1) is 13.8 Å². The van der Waals surface area contributed by atoms with Crippen molar-refractivity contribution in [2.45, 2.75) is 39.3 Å². The van der Waals surface area contributed by atoms with Crippen molar-refractivity contribution in [2.24, 2.45) is 0 Å². The number of anilines is 1. The fraction of sp³-hybridized carbons (Fsp3) is 0.625. The number of carbonyl (C=O) groups is 1. The van der Waals surface area contributed by atoms with Crippen LogP contribution >= 0.6 is 0 Å². The lowest BCUT2D eigenvalue weighted by atomic mass is 10.0. The van der Waals surface area contributed by atoms with Gasteiger partial charge in [0.15, 0.2) is 11.6 Å². The second kappa shape index (κ2) is 7.75. The average Bonchev–Trinajstić information content (AvgIpc) is 3.15. The molecule has 3 rings (SSSR count). The molecule has 1 N–H and O–H groups in total. The van der Waals surface area contributed by atoms with Gasteiger partial charge in [0, 0.05) is 25.6 Å². The quantitative estimate of drug-likeness (QED) is 0.831. The summed E-state index contributed by atoms with van der Waals surface area (Å²) >= 11 is 0. The first-order valence-corrected chi connectivity index (χ1v) is 8.44. The molecule has 1 unspecified atom stereocenters. The standard InChI is InChI=1S/C16H24N6O3/c1-11-7-14(19-24-11)18-16(23)10-21(3)13-5-4-6-22(8-13)9-15-17-12(2)25-20-15/h7,13H,4-6,8-10H2,1-3H3,(H,18,19,23). The number of rotatable bonds is 6. The number of likely N-dealkylation sites (N-methyl/N-ethyl adjacent to an activating group) is 1. The van der Waals surface area contributed by atoms with E-state index in [-0.39, 0.29) is 5.91 Å². The van der Waals surface area contributed by atoms with Crippen LogP contribution in [0.1, 0.15) is 30.3 Å². The van der Waals surface area contributed by atoms with Crippen molar-refractivity contribution in [3.63, 3.8) is 0 Å². The summed E-state index contributed by atoms with van der Waals surface area (Å²) in [5.74, 6) is 2.32. The van der Waals surface area contributed by atoms with E-state index in [1.54, 1.807) is 19.9 Å². The van der Waals surface area contributed by atoms with Crippen molar-refractivity contribution in [2.75, 3.05) is 32.0 Å². The van der Waals surface area contributed by atoms with Crippen LogP contribution in [-0.2, 0) is 11.3 Å². The maximum atomic E-state index is 12.2. The van der Waals surface area contributed by atoms with Crippen LogP contribution < -0.4 is 5.32 Å².